The molecule has 0 aromatic heterocycles. The summed E-state index contributed by atoms with van der Waals surface area (Å²) in [6.07, 6.45) is 44.5. The smallest absolute Gasteiger partial charge is 0.0693 e. The van der Waals surface area contributed by atoms with Gasteiger partial charge in [-0.15, -0.1) is 0 Å². The Labute approximate surface area is 247 Å². The zero-order chi connectivity index (χ0) is 27.4. The molecular weight excluding hydrogens is 466 g/mol. The maximum absolute atomic E-state index is 2.82. The topological polar surface area (TPSA) is 0 Å². The number of hydrogen-bond acceptors (Lipinski definition) is 0. The van der Waals surface area contributed by atoms with Crippen LogP contribution in [0.3, 0.4) is 0 Å². The lowest BCUT2D eigenvalue weighted by atomic mass is 9.44. The Kier molecular flexibility index (Phi) is 13.0. The normalized spacial score (nSPS) is 29.3. The van der Waals surface area contributed by atoms with Gasteiger partial charge in [-0.25, -0.2) is 0 Å². The molecule has 4 fully saturated rings. The van der Waals surface area contributed by atoms with Crippen molar-refractivity contribution in [3.05, 3.63) is 11.1 Å². The van der Waals surface area contributed by atoms with Gasteiger partial charge in [-0.1, -0.05) is 185 Å². The molecule has 4 rings (SSSR count). The first-order chi connectivity index (χ1) is 19.0. The van der Waals surface area contributed by atoms with Crippen molar-refractivity contribution in [3.8, 4) is 0 Å². The van der Waals surface area contributed by atoms with Gasteiger partial charge in [0, 0.05) is 0 Å². The highest BCUT2D eigenvalue weighted by Gasteiger charge is 2.46. The molecule has 39 heavy (non-hydrogen) atoms. The monoisotopic (exact) mass is 535 g/mol. The van der Waals surface area contributed by atoms with E-state index in [9.17, 15) is 0 Å². The van der Waals surface area contributed by atoms with E-state index in [1.807, 2.05) is 0 Å². The van der Waals surface area contributed by atoms with Crippen molar-refractivity contribution in [1.29, 1.82) is 0 Å². The number of rotatable bonds is 4. The third-order valence-corrected chi connectivity index (χ3v) is 12.5. The van der Waals surface area contributed by atoms with Crippen LogP contribution in [-0.4, -0.2) is 15.7 Å². The average Bonchev–Trinajstić information content (AvgIpc) is 2.88. The molecule has 0 bridgehead atoms. The van der Waals surface area contributed by atoms with Crippen LogP contribution < -0.4 is 0 Å². The molecule has 0 aliphatic heterocycles. The molecule has 4 saturated carbocycles. The quantitative estimate of drug-likeness (QED) is 0.249. The van der Waals surface area contributed by atoms with Crippen LogP contribution in [0.1, 0.15) is 200 Å². The first-order valence-corrected chi connectivity index (χ1v) is 18.7. The minimum absolute atomic E-state index is 0.435. The largest absolute Gasteiger partial charge is 0.114 e. The summed E-state index contributed by atoms with van der Waals surface area (Å²) in [6.45, 7) is 2.82. The van der Waals surface area contributed by atoms with Gasteiger partial charge in [0.25, 0.3) is 0 Å². The Morgan fingerprint density at radius 3 is 1.13 bits per heavy atom. The first-order valence-electron chi connectivity index (χ1n) is 18.7. The molecule has 0 heterocycles. The van der Waals surface area contributed by atoms with Crippen LogP contribution in [0, 0.1) is 11.3 Å². The second kappa shape index (κ2) is 15.9. The van der Waals surface area contributed by atoms with Crippen LogP contribution in [0.5, 0.6) is 0 Å². The van der Waals surface area contributed by atoms with Crippen LogP contribution in [0.2, 0.25) is 10.6 Å². The molecule has 0 aromatic carbocycles. The number of allylic oxidation sites excluding steroid dienone is 2. The minimum atomic E-state index is 0.435. The highest BCUT2D eigenvalue weighted by atomic mass is 14.5. The van der Waals surface area contributed by atoms with Gasteiger partial charge in [-0.05, 0) is 47.6 Å². The molecule has 0 amide bonds. The van der Waals surface area contributed by atoms with Crippen LogP contribution in [0.15, 0.2) is 11.1 Å². The van der Waals surface area contributed by atoms with Crippen molar-refractivity contribution in [2.24, 2.45) is 11.3 Å². The molecule has 0 N–H and O–H groups in total. The highest BCUT2D eigenvalue weighted by Crippen LogP contribution is 2.63. The molecule has 0 aromatic rings. The van der Waals surface area contributed by atoms with E-state index in [-0.39, 0.29) is 0 Å². The van der Waals surface area contributed by atoms with Crippen molar-refractivity contribution in [3.63, 3.8) is 0 Å². The molecule has 0 unspecified atom stereocenters. The maximum Gasteiger partial charge on any atom is 0.114 e. The van der Waals surface area contributed by atoms with Gasteiger partial charge in [-0.3, -0.25) is 0 Å². The average molecular weight is 535 g/mol. The molecule has 4 aliphatic carbocycles. The number of hydrogen-bond donors (Lipinski definition) is 0. The van der Waals surface area contributed by atoms with Gasteiger partial charge in [0.15, 0.2) is 0 Å². The van der Waals surface area contributed by atoms with Crippen LogP contribution in [0.4, 0.5) is 0 Å². The fourth-order valence-electron chi connectivity index (χ4n) is 10.3. The van der Waals surface area contributed by atoms with Crippen LogP contribution in [0.25, 0.3) is 0 Å². The first kappa shape index (κ1) is 31.8. The molecule has 4 aliphatic rings. The van der Waals surface area contributed by atoms with Gasteiger partial charge in [-0.2, -0.15) is 0 Å². The van der Waals surface area contributed by atoms with Crippen molar-refractivity contribution < 1.29 is 0 Å². The SMILES string of the molecule is BC1(/C(=C(\C2(B)CCCCCCC2)C2(C)CCCCCCC2)C2CCCCCCCCC2)CCCCCCC1. The lowest BCUT2D eigenvalue weighted by Gasteiger charge is -2.52. The summed E-state index contributed by atoms with van der Waals surface area (Å²) in [4.78, 5) is 0. The lowest BCUT2D eigenvalue weighted by molar-refractivity contribution is 0.238. The summed E-state index contributed by atoms with van der Waals surface area (Å²) >= 11 is 0. The molecule has 222 valence electrons. The van der Waals surface area contributed by atoms with Crippen molar-refractivity contribution in [1.82, 2.24) is 0 Å². The third kappa shape index (κ3) is 8.93. The molecule has 0 radical (unpaired) electrons. The Morgan fingerprint density at radius 1 is 0.410 bits per heavy atom. The summed E-state index contributed by atoms with van der Waals surface area (Å²) < 4.78 is 0. The van der Waals surface area contributed by atoms with Gasteiger partial charge in [0.2, 0.25) is 0 Å². The van der Waals surface area contributed by atoms with E-state index in [4.69, 9.17) is 0 Å². The van der Waals surface area contributed by atoms with E-state index in [1.165, 1.54) is 193 Å². The summed E-state index contributed by atoms with van der Waals surface area (Å²) in [7, 11) is 5.65. The Balaban J connectivity index is 1.90. The van der Waals surface area contributed by atoms with E-state index in [0.29, 0.717) is 16.0 Å². The third-order valence-electron chi connectivity index (χ3n) is 12.5. The van der Waals surface area contributed by atoms with Crippen LogP contribution >= 0.6 is 0 Å². The van der Waals surface area contributed by atoms with E-state index in [2.05, 4.69) is 33.8 Å². The van der Waals surface area contributed by atoms with Gasteiger partial charge in [0.1, 0.15) is 15.7 Å². The van der Waals surface area contributed by atoms with Gasteiger partial charge in [0.05, 0.1) is 0 Å². The molecule has 2 heteroatoms. The predicted molar refractivity (Wildman–Crippen MR) is 180 cm³/mol. The van der Waals surface area contributed by atoms with E-state index >= 15 is 0 Å². The zero-order valence-corrected chi connectivity index (χ0v) is 27.3. The van der Waals surface area contributed by atoms with E-state index < -0.39 is 0 Å². The Bertz CT molecular complexity index is 672. The molecule has 0 saturated heterocycles. The highest BCUT2D eigenvalue weighted by molar-refractivity contribution is 6.20. The van der Waals surface area contributed by atoms with Gasteiger partial charge < -0.3 is 0 Å². The zero-order valence-electron chi connectivity index (χ0n) is 27.3. The van der Waals surface area contributed by atoms with Crippen LogP contribution in [-0.2, 0) is 0 Å². The Morgan fingerprint density at radius 2 is 0.718 bits per heavy atom. The summed E-state index contributed by atoms with van der Waals surface area (Å²) in [6, 6.07) is 0. The molecular formula is C37H68B2. The summed E-state index contributed by atoms with van der Waals surface area (Å²) in [5.74, 6) is 0.868. The minimum Gasteiger partial charge on any atom is -0.0693 e. The van der Waals surface area contributed by atoms with E-state index in [1.54, 1.807) is 0 Å². The van der Waals surface area contributed by atoms with Gasteiger partial charge >= 0.3 is 0 Å². The lowest BCUT2D eigenvalue weighted by Crippen LogP contribution is -2.37. The predicted octanol–water partition coefficient (Wildman–Crippen LogP) is 11.2. The summed E-state index contributed by atoms with van der Waals surface area (Å²) in [5.41, 5.74) is 4.67. The summed E-state index contributed by atoms with van der Waals surface area (Å²) in [5, 5.41) is 0.881. The second-order valence-electron chi connectivity index (χ2n) is 16.0. The fraction of sp³-hybridized carbons (Fsp3) is 0.946. The standard InChI is InChI=1S/C37H68B2/c1-35(26-18-10-5-11-19-27-35)34(37(39)30-22-14-7-15-23-31-37)33(36(38)28-20-12-6-13-21-29-36)32-24-16-8-3-2-4-9-17-25-32/h32H,2-31,38-39H2,1H3/b34-33-. The van der Waals surface area contributed by atoms with Crippen molar-refractivity contribution in [2.75, 3.05) is 0 Å². The second-order valence-corrected chi connectivity index (χ2v) is 16.0. The molecule has 0 atom stereocenters. The maximum atomic E-state index is 2.82. The van der Waals surface area contributed by atoms with Crippen molar-refractivity contribution >= 4 is 15.7 Å². The molecule has 0 spiro atoms. The van der Waals surface area contributed by atoms with Crippen molar-refractivity contribution in [2.45, 2.75) is 210 Å². The fourth-order valence-corrected chi connectivity index (χ4v) is 10.3. The Hall–Kier alpha value is -0.130. The molecule has 0 nitrogen and oxygen atoms in total. The van der Waals surface area contributed by atoms with E-state index in [0.717, 1.165) is 5.92 Å².